The van der Waals surface area contributed by atoms with Gasteiger partial charge in [0.15, 0.2) is 0 Å². The highest BCUT2D eigenvalue weighted by molar-refractivity contribution is 6.08. The molecule has 8 heteroatoms. The van der Waals surface area contributed by atoms with Crippen molar-refractivity contribution < 1.29 is 14.0 Å². The summed E-state index contributed by atoms with van der Waals surface area (Å²) >= 11 is 0. The first-order valence-electron chi connectivity index (χ1n) is 13.5. The average molecular weight is 538 g/mol. The highest BCUT2D eigenvalue weighted by Gasteiger charge is 2.30. The van der Waals surface area contributed by atoms with Gasteiger partial charge in [0, 0.05) is 61.9 Å². The molecule has 2 N–H and O–H groups in total. The smallest absolute Gasteiger partial charge is 0.256 e. The van der Waals surface area contributed by atoms with Gasteiger partial charge in [0.25, 0.3) is 5.91 Å². The van der Waals surface area contributed by atoms with Crippen LogP contribution in [0.25, 0.3) is 11.1 Å². The van der Waals surface area contributed by atoms with Gasteiger partial charge in [-0.25, -0.2) is 4.39 Å². The number of carbonyl (C=O) groups is 2. The van der Waals surface area contributed by atoms with E-state index in [4.69, 9.17) is 0 Å². The highest BCUT2D eigenvalue weighted by Crippen LogP contribution is 2.29. The first-order chi connectivity index (χ1) is 19.5. The van der Waals surface area contributed by atoms with E-state index < -0.39 is 5.82 Å². The Morgan fingerprint density at radius 3 is 2.38 bits per heavy atom. The average Bonchev–Trinajstić information content (AvgIpc) is 2.99. The number of amides is 2. The van der Waals surface area contributed by atoms with Crippen LogP contribution in [0, 0.1) is 5.82 Å². The van der Waals surface area contributed by atoms with Gasteiger partial charge in [-0.1, -0.05) is 54.6 Å². The van der Waals surface area contributed by atoms with Gasteiger partial charge in [-0.2, -0.15) is 0 Å². The van der Waals surface area contributed by atoms with E-state index in [9.17, 15) is 9.59 Å². The van der Waals surface area contributed by atoms with Gasteiger partial charge < -0.3 is 15.5 Å². The predicted octanol–water partition coefficient (Wildman–Crippen LogP) is 5.14. The maximum Gasteiger partial charge on any atom is 0.256 e. The number of hydrogen-bond acceptors (Lipinski definition) is 5. The lowest BCUT2D eigenvalue weighted by atomic mass is 10.0. The maximum absolute atomic E-state index is 15.3. The van der Waals surface area contributed by atoms with Crippen molar-refractivity contribution >= 4 is 23.2 Å². The normalized spacial score (nSPS) is 14.4. The van der Waals surface area contributed by atoms with E-state index >= 15 is 4.39 Å². The molecule has 5 rings (SSSR count). The number of benzene rings is 3. The molecule has 2 heterocycles. The molecule has 204 valence electrons. The Labute approximate surface area is 233 Å². The molecule has 2 amide bonds. The SMILES string of the molecule is CCNC(=O)[C@H](c1ccccc1)N1CCN(c2ccc(NC(=O)c3ccccc3-c3cccnc3)cc2F)CC1. The summed E-state index contributed by atoms with van der Waals surface area (Å²) in [6.45, 7) is 4.84. The number of halogens is 1. The van der Waals surface area contributed by atoms with Crippen molar-refractivity contribution in [2.45, 2.75) is 13.0 Å². The van der Waals surface area contributed by atoms with Crippen LogP contribution in [0.3, 0.4) is 0 Å². The molecular weight excluding hydrogens is 505 g/mol. The molecule has 1 aliphatic rings. The summed E-state index contributed by atoms with van der Waals surface area (Å²) in [5, 5.41) is 5.78. The fraction of sp³-hybridized carbons (Fsp3) is 0.219. The summed E-state index contributed by atoms with van der Waals surface area (Å²) < 4.78 is 15.3. The number of carbonyl (C=O) groups excluding carboxylic acids is 2. The summed E-state index contributed by atoms with van der Waals surface area (Å²) in [7, 11) is 0. The standard InChI is InChI=1S/C32H32FN5O2/c1-2-35-32(40)30(23-9-4-3-5-10-23)38-19-17-37(18-20-38)29-15-14-25(21-28(29)33)36-31(39)27-13-7-6-12-26(27)24-11-8-16-34-22-24/h3-16,21-22,30H,2,17-20H2,1H3,(H,35,40)(H,36,39)/t30-/m0/s1. The van der Waals surface area contributed by atoms with Crippen LogP contribution in [-0.2, 0) is 4.79 Å². The molecule has 7 nitrogen and oxygen atoms in total. The second kappa shape index (κ2) is 12.5. The van der Waals surface area contributed by atoms with Crippen molar-refractivity contribution in [3.63, 3.8) is 0 Å². The number of pyridine rings is 1. The molecule has 0 bridgehead atoms. The Balaban J connectivity index is 1.26. The molecule has 0 saturated carbocycles. The Morgan fingerprint density at radius 2 is 1.68 bits per heavy atom. The lowest BCUT2D eigenvalue weighted by Crippen LogP contribution is -2.51. The zero-order valence-corrected chi connectivity index (χ0v) is 22.4. The van der Waals surface area contributed by atoms with E-state index in [1.165, 1.54) is 6.07 Å². The fourth-order valence-corrected chi connectivity index (χ4v) is 5.15. The van der Waals surface area contributed by atoms with Crippen molar-refractivity contribution in [1.29, 1.82) is 0 Å². The third-order valence-electron chi connectivity index (χ3n) is 7.08. The van der Waals surface area contributed by atoms with E-state index in [0.29, 0.717) is 49.7 Å². The number of rotatable bonds is 8. The largest absolute Gasteiger partial charge is 0.367 e. The van der Waals surface area contributed by atoms with Gasteiger partial charge in [0.1, 0.15) is 11.9 Å². The molecule has 4 aromatic rings. The number of aromatic nitrogens is 1. The van der Waals surface area contributed by atoms with Gasteiger partial charge in [0.2, 0.25) is 5.91 Å². The summed E-state index contributed by atoms with van der Waals surface area (Å²) in [6.07, 6.45) is 3.39. The minimum Gasteiger partial charge on any atom is -0.367 e. The lowest BCUT2D eigenvalue weighted by Gasteiger charge is -2.39. The third-order valence-corrected chi connectivity index (χ3v) is 7.08. The molecular formula is C32H32FN5O2. The number of nitrogens with one attached hydrogen (secondary N) is 2. The Hall–Kier alpha value is -4.56. The second-order valence-electron chi connectivity index (χ2n) is 9.64. The van der Waals surface area contributed by atoms with Crippen molar-refractivity contribution in [1.82, 2.24) is 15.2 Å². The molecule has 0 aliphatic carbocycles. The van der Waals surface area contributed by atoms with E-state index in [1.54, 1.807) is 36.7 Å². The highest BCUT2D eigenvalue weighted by atomic mass is 19.1. The van der Waals surface area contributed by atoms with Gasteiger partial charge in [-0.15, -0.1) is 0 Å². The molecule has 1 aliphatic heterocycles. The minimum atomic E-state index is -0.407. The van der Waals surface area contributed by atoms with Crippen LogP contribution in [0.1, 0.15) is 28.9 Å². The summed E-state index contributed by atoms with van der Waals surface area (Å²) in [5.41, 5.74) is 3.86. The van der Waals surface area contributed by atoms with Crippen LogP contribution in [0.15, 0.2) is 97.3 Å². The molecule has 1 fully saturated rings. The fourth-order valence-electron chi connectivity index (χ4n) is 5.15. The van der Waals surface area contributed by atoms with Crippen molar-refractivity contribution in [2.75, 3.05) is 42.9 Å². The van der Waals surface area contributed by atoms with Crippen LogP contribution in [0.4, 0.5) is 15.8 Å². The second-order valence-corrected chi connectivity index (χ2v) is 9.64. The number of nitrogens with zero attached hydrogens (tertiary/aromatic N) is 3. The number of piperazine rings is 1. The van der Waals surface area contributed by atoms with Crippen LogP contribution in [-0.4, -0.2) is 54.4 Å². The van der Waals surface area contributed by atoms with Crippen LogP contribution < -0.4 is 15.5 Å². The van der Waals surface area contributed by atoms with Gasteiger partial charge >= 0.3 is 0 Å². The van der Waals surface area contributed by atoms with Crippen molar-refractivity contribution in [3.8, 4) is 11.1 Å². The van der Waals surface area contributed by atoms with Crippen LogP contribution >= 0.6 is 0 Å². The van der Waals surface area contributed by atoms with E-state index in [2.05, 4.69) is 20.5 Å². The lowest BCUT2D eigenvalue weighted by molar-refractivity contribution is -0.126. The molecule has 1 saturated heterocycles. The number of hydrogen-bond donors (Lipinski definition) is 2. The van der Waals surface area contributed by atoms with E-state index in [0.717, 1.165) is 16.7 Å². The van der Waals surface area contributed by atoms with E-state index in [1.807, 2.05) is 66.4 Å². The Morgan fingerprint density at radius 1 is 0.925 bits per heavy atom. The summed E-state index contributed by atoms with van der Waals surface area (Å²) in [5.74, 6) is -0.758. The van der Waals surface area contributed by atoms with Crippen molar-refractivity contribution in [3.05, 3.63) is 114 Å². The number of anilines is 2. The topological polar surface area (TPSA) is 77.6 Å². The zero-order valence-electron chi connectivity index (χ0n) is 22.4. The van der Waals surface area contributed by atoms with Crippen LogP contribution in [0.5, 0.6) is 0 Å². The Bertz CT molecular complexity index is 1460. The molecule has 0 radical (unpaired) electrons. The molecule has 3 aromatic carbocycles. The monoisotopic (exact) mass is 537 g/mol. The molecule has 1 atom stereocenters. The summed E-state index contributed by atoms with van der Waals surface area (Å²) in [6, 6.07) is 25.1. The zero-order chi connectivity index (χ0) is 27.9. The predicted molar refractivity (Wildman–Crippen MR) is 156 cm³/mol. The van der Waals surface area contributed by atoms with Gasteiger partial charge in [-0.05, 0) is 48.4 Å². The minimum absolute atomic E-state index is 0.0291. The molecule has 0 unspecified atom stereocenters. The first-order valence-corrected chi connectivity index (χ1v) is 13.5. The Kier molecular flexibility index (Phi) is 8.47. The molecule has 0 spiro atoms. The van der Waals surface area contributed by atoms with Crippen LogP contribution in [0.2, 0.25) is 0 Å². The van der Waals surface area contributed by atoms with Gasteiger partial charge in [0.05, 0.1) is 5.69 Å². The summed E-state index contributed by atoms with van der Waals surface area (Å²) in [4.78, 5) is 34.3. The third kappa shape index (κ3) is 6.02. The quantitative estimate of drug-likeness (QED) is 0.326. The molecule has 1 aromatic heterocycles. The first kappa shape index (κ1) is 27.0. The number of likely N-dealkylation sites (N-methyl/N-ethyl adjacent to an activating group) is 1. The van der Waals surface area contributed by atoms with E-state index in [-0.39, 0.29) is 17.9 Å². The molecule has 40 heavy (non-hydrogen) atoms. The van der Waals surface area contributed by atoms with Crippen molar-refractivity contribution in [2.24, 2.45) is 0 Å². The van der Waals surface area contributed by atoms with Gasteiger partial charge in [-0.3, -0.25) is 19.5 Å². The maximum atomic E-state index is 15.3.